The molecule has 0 saturated heterocycles. The summed E-state index contributed by atoms with van der Waals surface area (Å²) in [6.45, 7) is 2.63. The van der Waals surface area contributed by atoms with Gasteiger partial charge in [-0.25, -0.2) is 13.2 Å². The summed E-state index contributed by atoms with van der Waals surface area (Å²) >= 11 is 0. The molecule has 2 aromatic rings. The number of hydrogen-bond acceptors (Lipinski definition) is 7. The standard InChI is InChI=1S/C27H37NO7S/c1-5-20-12-11-19-15-26(35-13-9-7-6-8-10-14-36(4,31)32)25(33-2)16-21(19)23-17-24(29)22(18-28(20)23)27(30)34-3/h15-18,20H,5-14H2,1-4H3. The molecule has 0 aliphatic carbocycles. The number of carbonyl (C=O) groups is 1. The van der Waals surface area contributed by atoms with E-state index >= 15 is 0 Å². The summed E-state index contributed by atoms with van der Waals surface area (Å²) in [5.74, 6) is 0.871. The molecule has 198 valence electrons. The van der Waals surface area contributed by atoms with Crippen LogP contribution in [0, 0.1) is 0 Å². The van der Waals surface area contributed by atoms with Crippen molar-refractivity contribution in [2.45, 2.75) is 64.3 Å². The predicted molar refractivity (Wildman–Crippen MR) is 140 cm³/mol. The van der Waals surface area contributed by atoms with E-state index in [2.05, 4.69) is 6.92 Å². The number of nitrogens with zero attached hydrogens (tertiary/aromatic N) is 1. The first-order chi connectivity index (χ1) is 17.2. The molecule has 0 bridgehead atoms. The Balaban J connectivity index is 1.77. The van der Waals surface area contributed by atoms with Gasteiger partial charge in [0, 0.05) is 35.9 Å². The fourth-order valence-corrected chi connectivity index (χ4v) is 5.42. The van der Waals surface area contributed by atoms with Gasteiger partial charge in [0.25, 0.3) is 0 Å². The zero-order valence-corrected chi connectivity index (χ0v) is 22.5. The third-order valence-electron chi connectivity index (χ3n) is 6.68. The first-order valence-electron chi connectivity index (χ1n) is 12.5. The number of sulfone groups is 1. The minimum Gasteiger partial charge on any atom is -0.493 e. The van der Waals surface area contributed by atoms with Crippen LogP contribution in [0.5, 0.6) is 11.5 Å². The highest BCUT2D eigenvalue weighted by Crippen LogP contribution is 2.40. The van der Waals surface area contributed by atoms with E-state index in [4.69, 9.17) is 14.2 Å². The zero-order valence-electron chi connectivity index (χ0n) is 21.7. The van der Waals surface area contributed by atoms with Crippen LogP contribution in [0.25, 0.3) is 11.3 Å². The molecule has 8 nitrogen and oxygen atoms in total. The number of unbranched alkanes of at least 4 members (excludes halogenated alkanes) is 4. The van der Waals surface area contributed by atoms with Crippen molar-refractivity contribution in [1.82, 2.24) is 4.57 Å². The lowest BCUT2D eigenvalue weighted by Gasteiger charge is -2.21. The Morgan fingerprint density at radius 3 is 2.44 bits per heavy atom. The van der Waals surface area contributed by atoms with Gasteiger partial charge < -0.3 is 18.8 Å². The van der Waals surface area contributed by atoms with Gasteiger partial charge in [0.15, 0.2) is 16.9 Å². The number of esters is 1. The van der Waals surface area contributed by atoms with E-state index in [9.17, 15) is 18.0 Å². The van der Waals surface area contributed by atoms with E-state index in [1.165, 1.54) is 19.4 Å². The topological polar surface area (TPSA) is 101 Å². The lowest BCUT2D eigenvalue weighted by molar-refractivity contribution is 0.0598. The average Bonchev–Trinajstić information content (AvgIpc) is 2.99. The van der Waals surface area contributed by atoms with Crippen LogP contribution in [0.1, 0.15) is 73.8 Å². The summed E-state index contributed by atoms with van der Waals surface area (Å²) in [6.07, 6.45) is 9.81. The Hall–Kier alpha value is -2.81. The number of ether oxygens (including phenoxy) is 3. The molecule has 0 N–H and O–H groups in total. The van der Waals surface area contributed by atoms with Crippen molar-refractivity contribution in [3.8, 4) is 22.8 Å². The summed E-state index contributed by atoms with van der Waals surface area (Å²) in [7, 11) is -0.0206. The summed E-state index contributed by atoms with van der Waals surface area (Å²) < 4.78 is 41.0. The number of carbonyl (C=O) groups excluding carboxylic acids is 1. The van der Waals surface area contributed by atoms with Crippen LogP contribution in [0.15, 0.2) is 29.2 Å². The molecule has 1 aromatic heterocycles. The Bertz CT molecular complexity index is 1230. The predicted octanol–water partition coefficient (Wildman–Crippen LogP) is 4.58. The maximum atomic E-state index is 12.7. The maximum absolute atomic E-state index is 12.7. The quantitative estimate of drug-likeness (QED) is 0.299. The molecule has 2 heterocycles. The summed E-state index contributed by atoms with van der Waals surface area (Å²) in [5.41, 5.74) is 2.39. The molecule has 0 radical (unpaired) electrons. The molecule has 1 aliphatic rings. The number of rotatable bonds is 12. The molecule has 1 unspecified atom stereocenters. The van der Waals surface area contributed by atoms with Crippen molar-refractivity contribution < 1.29 is 27.4 Å². The van der Waals surface area contributed by atoms with Crippen molar-refractivity contribution in [2.24, 2.45) is 0 Å². The van der Waals surface area contributed by atoms with Crippen LogP contribution in [0.2, 0.25) is 0 Å². The van der Waals surface area contributed by atoms with Crippen molar-refractivity contribution in [1.29, 1.82) is 0 Å². The number of aromatic nitrogens is 1. The number of fused-ring (bicyclic) bond motifs is 3. The number of hydrogen-bond donors (Lipinski definition) is 0. The highest BCUT2D eigenvalue weighted by atomic mass is 32.2. The van der Waals surface area contributed by atoms with Gasteiger partial charge in [-0.15, -0.1) is 0 Å². The summed E-state index contributed by atoms with van der Waals surface area (Å²) in [6, 6.07) is 5.57. The third-order valence-corrected chi connectivity index (χ3v) is 7.71. The number of benzene rings is 1. The fourth-order valence-electron chi connectivity index (χ4n) is 4.69. The zero-order chi connectivity index (χ0) is 26.3. The van der Waals surface area contributed by atoms with Gasteiger partial charge >= 0.3 is 5.97 Å². The second kappa shape index (κ2) is 12.4. The molecule has 3 rings (SSSR count). The third kappa shape index (κ3) is 6.90. The monoisotopic (exact) mass is 519 g/mol. The van der Waals surface area contributed by atoms with E-state index in [0.29, 0.717) is 24.5 Å². The average molecular weight is 520 g/mol. The molecule has 1 aromatic carbocycles. The van der Waals surface area contributed by atoms with Gasteiger partial charge in [-0.3, -0.25) is 4.79 Å². The van der Waals surface area contributed by atoms with Crippen LogP contribution < -0.4 is 14.9 Å². The van der Waals surface area contributed by atoms with Crippen LogP contribution >= 0.6 is 0 Å². The summed E-state index contributed by atoms with van der Waals surface area (Å²) in [5, 5.41) is 0. The Morgan fingerprint density at radius 1 is 1.06 bits per heavy atom. The SMILES string of the molecule is CCC1CCc2cc(OCCCCCCCS(C)(=O)=O)c(OC)cc2-c2cc(=O)c(C(=O)OC)cn21. The highest BCUT2D eigenvalue weighted by molar-refractivity contribution is 7.90. The minimum atomic E-state index is -2.89. The molecular weight excluding hydrogens is 482 g/mol. The molecule has 1 atom stereocenters. The normalized spacial score (nSPS) is 14.9. The second-order valence-corrected chi connectivity index (χ2v) is 11.6. The van der Waals surface area contributed by atoms with Crippen molar-refractivity contribution >= 4 is 15.8 Å². The van der Waals surface area contributed by atoms with Gasteiger partial charge in [-0.05, 0) is 49.8 Å². The molecule has 0 spiro atoms. The van der Waals surface area contributed by atoms with Gasteiger partial charge in [0.1, 0.15) is 15.4 Å². The Morgan fingerprint density at radius 2 is 1.78 bits per heavy atom. The molecule has 9 heteroatoms. The van der Waals surface area contributed by atoms with Crippen LogP contribution in [0.3, 0.4) is 0 Å². The van der Waals surface area contributed by atoms with Gasteiger partial charge in [-0.2, -0.15) is 0 Å². The van der Waals surface area contributed by atoms with E-state index < -0.39 is 15.8 Å². The Kier molecular flexibility index (Phi) is 9.59. The number of aryl methyl sites for hydroxylation is 1. The summed E-state index contributed by atoms with van der Waals surface area (Å²) in [4.78, 5) is 24.9. The van der Waals surface area contributed by atoms with Crippen LogP contribution in [-0.4, -0.2) is 51.8 Å². The van der Waals surface area contributed by atoms with E-state index in [1.54, 1.807) is 13.3 Å². The van der Waals surface area contributed by atoms with Crippen molar-refractivity contribution in [3.63, 3.8) is 0 Å². The maximum Gasteiger partial charge on any atom is 0.343 e. The lowest BCUT2D eigenvalue weighted by atomic mass is 9.99. The van der Waals surface area contributed by atoms with E-state index in [0.717, 1.165) is 61.8 Å². The first kappa shape index (κ1) is 27.8. The van der Waals surface area contributed by atoms with E-state index in [-0.39, 0.29) is 22.8 Å². The smallest absolute Gasteiger partial charge is 0.343 e. The van der Waals surface area contributed by atoms with Crippen LogP contribution in [-0.2, 0) is 21.0 Å². The van der Waals surface area contributed by atoms with Gasteiger partial charge in [-0.1, -0.05) is 26.2 Å². The lowest BCUT2D eigenvalue weighted by Crippen LogP contribution is -2.21. The molecular formula is C27H37NO7S. The molecule has 0 saturated carbocycles. The van der Waals surface area contributed by atoms with Crippen LogP contribution in [0.4, 0.5) is 0 Å². The molecule has 0 fully saturated rings. The molecule has 0 amide bonds. The van der Waals surface area contributed by atoms with Crippen molar-refractivity contribution in [2.75, 3.05) is 32.8 Å². The second-order valence-electron chi connectivity index (χ2n) is 9.34. The number of methoxy groups -OCH3 is 2. The fraction of sp³-hybridized carbons (Fsp3) is 0.556. The minimum absolute atomic E-state index is 0.0337. The number of pyridine rings is 1. The first-order valence-corrected chi connectivity index (χ1v) is 14.6. The van der Waals surface area contributed by atoms with Gasteiger partial charge in [0.05, 0.1) is 26.5 Å². The molecule has 36 heavy (non-hydrogen) atoms. The highest BCUT2D eigenvalue weighted by Gasteiger charge is 2.25. The van der Waals surface area contributed by atoms with Crippen molar-refractivity contribution in [3.05, 3.63) is 45.7 Å². The molecule has 1 aliphatic heterocycles. The van der Waals surface area contributed by atoms with Gasteiger partial charge in [0.2, 0.25) is 0 Å². The largest absolute Gasteiger partial charge is 0.493 e. The van der Waals surface area contributed by atoms with E-state index in [1.807, 2.05) is 16.7 Å². The Labute approximate surface area is 213 Å².